The van der Waals surface area contributed by atoms with Gasteiger partial charge in [0.15, 0.2) is 0 Å². The zero-order valence-corrected chi connectivity index (χ0v) is 12.8. The van der Waals surface area contributed by atoms with Gasteiger partial charge in [0.25, 0.3) is 0 Å². The molecule has 2 aliphatic rings. The zero-order valence-electron chi connectivity index (χ0n) is 12.8. The SMILES string of the molecule is O=C(CCc1ccccc1)N1CCCC1C1CCCNC1. The van der Waals surface area contributed by atoms with Crippen LogP contribution in [-0.2, 0) is 11.2 Å². The van der Waals surface area contributed by atoms with Crippen LogP contribution >= 0.6 is 0 Å². The third-order valence-corrected chi connectivity index (χ3v) is 4.97. The highest BCUT2D eigenvalue weighted by molar-refractivity contribution is 5.77. The Balaban J connectivity index is 1.55. The summed E-state index contributed by atoms with van der Waals surface area (Å²) < 4.78 is 0. The van der Waals surface area contributed by atoms with Gasteiger partial charge in [-0.2, -0.15) is 0 Å². The molecule has 1 aromatic rings. The van der Waals surface area contributed by atoms with Crippen LogP contribution in [0.5, 0.6) is 0 Å². The first-order valence-corrected chi connectivity index (χ1v) is 8.39. The van der Waals surface area contributed by atoms with Gasteiger partial charge in [-0.15, -0.1) is 0 Å². The van der Waals surface area contributed by atoms with Gasteiger partial charge < -0.3 is 10.2 Å². The average molecular weight is 286 g/mol. The minimum Gasteiger partial charge on any atom is -0.339 e. The maximum Gasteiger partial charge on any atom is 0.223 e. The van der Waals surface area contributed by atoms with Crippen LogP contribution in [0, 0.1) is 5.92 Å². The van der Waals surface area contributed by atoms with Gasteiger partial charge >= 0.3 is 0 Å². The summed E-state index contributed by atoms with van der Waals surface area (Å²) >= 11 is 0. The summed E-state index contributed by atoms with van der Waals surface area (Å²) in [6.07, 6.45) is 6.43. The van der Waals surface area contributed by atoms with Crippen molar-refractivity contribution < 1.29 is 4.79 Å². The number of nitrogens with zero attached hydrogens (tertiary/aromatic N) is 1. The van der Waals surface area contributed by atoms with Gasteiger partial charge in [0.2, 0.25) is 5.91 Å². The number of carbonyl (C=O) groups excluding carboxylic acids is 1. The zero-order chi connectivity index (χ0) is 14.5. The lowest BCUT2D eigenvalue weighted by Gasteiger charge is -2.34. The van der Waals surface area contributed by atoms with Crippen molar-refractivity contribution in [2.24, 2.45) is 5.92 Å². The number of rotatable bonds is 4. The maximum atomic E-state index is 12.6. The molecule has 3 nitrogen and oxygen atoms in total. The molecule has 0 spiro atoms. The minimum atomic E-state index is 0.354. The van der Waals surface area contributed by atoms with E-state index in [1.165, 1.54) is 31.2 Å². The fourth-order valence-corrected chi connectivity index (χ4v) is 3.84. The van der Waals surface area contributed by atoms with Crippen molar-refractivity contribution in [2.75, 3.05) is 19.6 Å². The Kier molecular flexibility index (Phi) is 4.91. The first-order valence-electron chi connectivity index (χ1n) is 8.39. The standard InChI is InChI=1S/C18H26N2O/c21-18(11-10-15-6-2-1-3-7-15)20-13-5-9-17(20)16-8-4-12-19-14-16/h1-3,6-7,16-17,19H,4-5,8-14H2. The second kappa shape index (κ2) is 7.08. The van der Waals surface area contributed by atoms with E-state index in [9.17, 15) is 4.79 Å². The summed E-state index contributed by atoms with van der Waals surface area (Å²) in [5, 5.41) is 3.49. The molecule has 3 rings (SSSR count). The predicted octanol–water partition coefficient (Wildman–Crippen LogP) is 2.61. The smallest absolute Gasteiger partial charge is 0.223 e. The topological polar surface area (TPSA) is 32.3 Å². The third kappa shape index (κ3) is 3.65. The fourth-order valence-electron chi connectivity index (χ4n) is 3.84. The molecule has 1 aromatic carbocycles. The first kappa shape index (κ1) is 14.6. The first-order chi connectivity index (χ1) is 10.3. The fraction of sp³-hybridized carbons (Fsp3) is 0.611. The summed E-state index contributed by atoms with van der Waals surface area (Å²) in [6.45, 7) is 3.20. The molecule has 2 unspecified atom stereocenters. The number of likely N-dealkylation sites (tertiary alicyclic amines) is 1. The van der Waals surface area contributed by atoms with Crippen LogP contribution in [0.2, 0.25) is 0 Å². The summed E-state index contributed by atoms with van der Waals surface area (Å²) in [4.78, 5) is 14.8. The van der Waals surface area contributed by atoms with Crippen LogP contribution in [0.3, 0.4) is 0 Å². The monoisotopic (exact) mass is 286 g/mol. The van der Waals surface area contributed by atoms with Crippen molar-refractivity contribution in [3.05, 3.63) is 35.9 Å². The molecule has 1 N–H and O–H groups in total. The number of aryl methyl sites for hydroxylation is 1. The average Bonchev–Trinajstić information content (AvgIpc) is 3.04. The summed E-state index contributed by atoms with van der Waals surface area (Å²) in [5.74, 6) is 1.02. The van der Waals surface area contributed by atoms with E-state index in [4.69, 9.17) is 0 Å². The van der Waals surface area contributed by atoms with Crippen molar-refractivity contribution >= 4 is 5.91 Å². The lowest BCUT2D eigenvalue weighted by atomic mass is 9.90. The second-order valence-corrected chi connectivity index (χ2v) is 6.39. The molecule has 3 heteroatoms. The quantitative estimate of drug-likeness (QED) is 0.923. The van der Waals surface area contributed by atoms with Gasteiger partial charge in [0, 0.05) is 19.0 Å². The summed E-state index contributed by atoms with van der Waals surface area (Å²) in [6, 6.07) is 10.8. The van der Waals surface area contributed by atoms with Crippen molar-refractivity contribution in [2.45, 2.75) is 44.6 Å². The molecule has 21 heavy (non-hydrogen) atoms. The number of piperidine rings is 1. The molecule has 114 valence electrons. The van der Waals surface area contributed by atoms with E-state index in [-0.39, 0.29) is 0 Å². The molecule has 2 saturated heterocycles. The Morgan fingerprint density at radius 2 is 2.05 bits per heavy atom. The summed E-state index contributed by atoms with van der Waals surface area (Å²) in [7, 11) is 0. The van der Waals surface area contributed by atoms with Gasteiger partial charge in [0.05, 0.1) is 0 Å². The molecule has 0 bridgehead atoms. The Morgan fingerprint density at radius 3 is 2.81 bits per heavy atom. The molecular formula is C18H26N2O. The van der Waals surface area contributed by atoms with E-state index in [1.54, 1.807) is 0 Å². The van der Waals surface area contributed by atoms with Gasteiger partial charge in [0.1, 0.15) is 0 Å². The number of carbonyl (C=O) groups is 1. The number of hydrogen-bond acceptors (Lipinski definition) is 2. The molecule has 2 aliphatic heterocycles. The molecular weight excluding hydrogens is 260 g/mol. The number of hydrogen-bond donors (Lipinski definition) is 1. The maximum absolute atomic E-state index is 12.6. The molecule has 0 radical (unpaired) electrons. The molecule has 0 saturated carbocycles. The van der Waals surface area contributed by atoms with Gasteiger partial charge in [-0.1, -0.05) is 30.3 Å². The Morgan fingerprint density at radius 1 is 1.19 bits per heavy atom. The van der Waals surface area contributed by atoms with Crippen LogP contribution in [0.15, 0.2) is 30.3 Å². The van der Waals surface area contributed by atoms with E-state index < -0.39 is 0 Å². The lowest BCUT2D eigenvalue weighted by Crippen LogP contribution is -2.45. The van der Waals surface area contributed by atoms with Crippen LogP contribution in [0.4, 0.5) is 0 Å². The second-order valence-electron chi connectivity index (χ2n) is 6.39. The normalized spacial score (nSPS) is 26.0. The van der Waals surface area contributed by atoms with Crippen LogP contribution in [-0.4, -0.2) is 36.5 Å². The Hall–Kier alpha value is -1.35. The number of benzene rings is 1. The molecule has 2 fully saturated rings. The van der Waals surface area contributed by atoms with Crippen LogP contribution in [0.1, 0.15) is 37.7 Å². The van der Waals surface area contributed by atoms with Gasteiger partial charge in [-0.3, -0.25) is 4.79 Å². The van der Waals surface area contributed by atoms with Crippen molar-refractivity contribution in [1.82, 2.24) is 10.2 Å². The van der Waals surface area contributed by atoms with Gasteiger partial charge in [-0.05, 0) is 56.7 Å². The van der Waals surface area contributed by atoms with Crippen molar-refractivity contribution in [1.29, 1.82) is 0 Å². The van der Waals surface area contributed by atoms with Crippen LogP contribution < -0.4 is 5.32 Å². The molecule has 2 heterocycles. The molecule has 2 atom stereocenters. The molecule has 0 aromatic heterocycles. The van der Waals surface area contributed by atoms with Crippen molar-refractivity contribution in [3.63, 3.8) is 0 Å². The van der Waals surface area contributed by atoms with Crippen LogP contribution in [0.25, 0.3) is 0 Å². The van der Waals surface area contributed by atoms with E-state index in [0.717, 1.165) is 26.1 Å². The highest BCUT2D eigenvalue weighted by Crippen LogP contribution is 2.28. The Bertz CT molecular complexity index is 454. The largest absolute Gasteiger partial charge is 0.339 e. The van der Waals surface area contributed by atoms with E-state index in [0.29, 0.717) is 24.3 Å². The van der Waals surface area contributed by atoms with E-state index >= 15 is 0 Å². The summed E-state index contributed by atoms with van der Waals surface area (Å²) in [5.41, 5.74) is 1.26. The lowest BCUT2D eigenvalue weighted by molar-refractivity contribution is -0.133. The van der Waals surface area contributed by atoms with E-state index in [1.807, 2.05) is 18.2 Å². The minimum absolute atomic E-state index is 0.354. The highest BCUT2D eigenvalue weighted by Gasteiger charge is 2.34. The third-order valence-electron chi connectivity index (χ3n) is 4.97. The van der Waals surface area contributed by atoms with Gasteiger partial charge in [-0.25, -0.2) is 0 Å². The predicted molar refractivity (Wildman–Crippen MR) is 85.1 cm³/mol. The number of nitrogens with one attached hydrogen (secondary N) is 1. The van der Waals surface area contributed by atoms with E-state index in [2.05, 4.69) is 22.3 Å². The van der Waals surface area contributed by atoms with Crippen molar-refractivity contribution in [3.8, 4) is 0 Å². The molecule has 1 amide bonds. The number of amides is 1. The Labute approximate surface area is 127 Å². The molecule has 0 aliphatic carbocycles. The highest BCUT2D eigenvalue weighted by atomic mass is 16.2.